The third-order valence-electron chi connectivity index (χ3n) is 4.34. The van der Waals surface area contributed by atoms with Gasteiger partial charge in [0.2, 0.25) is 5.88 Å². The predicted octanol–water partition coefficient (Wildman–Crippen LogP) is 3.91. The van der Waals surface area contributed by atoms with E-state index < -0.39 is 16.7 Å². The summed E-state index contributed by atoms with van der Waals surface area (Å²) in [4.78, 5) is 37.0. The Bertz CT molecular complexity index is 1150. The average Bonchev–Trinajstić information content (AvgIpc) is 3.03. The first-order chi connectivity index (χ1) is 14.3. The molecule has 3 rings (SSSR count). The van der Waals surface area contributed by atoms with Crippen molar-refractivity contribution in [2.75, 3.05) is 6.54 Å². The molecule has 30 heavy (non-hydrogen) atoms. The molecule has 0 fully saturated rings. The molecule has 154 valence electrons. The number of hydrogen-bond donors (Lipinski definition) is 3. The summed E-state index contributed by atoms with van der Waals surface area (Å²) in [6.07, 6.45) is 0.359. The summed E-state index contributed by atoms with van der Waals surface area (Å²) in [5.74, 6) is -1.13. The molecule has 0 atom stereocenters. The van der Waals surface area contributed by atoms with E-state index in [1.807, 2.05) is 19.1 Å². The van der Waals surface area contributed by atoms with Gasteiger partial charge >= 0.3 is 0 Å². The van der Waals surface area contributed by atoms with Gasteiger partial charge in [0.15, 0.2) is 5.69 Å². The molecule has 3 N–H and O–H groups in total. The van der Waals surface area contributed by atoms with Crippen LogP contribution in [0.2, 0.25) is 0 Å². The number of aromatic nitrogens is 1. The number of aromatic hydroxyl groups is 1. The Morgan fingerprint density at radius 3 is 2.80 bits per heavy atom. The molecule has 0 aliphatic rings. The summed E-state index contributed by atoms with van der Waals surface area (Å²) < 4.78 is 0. The Balaban J connectivity index is 1.51. The third-order valence-corrected chi connectivity index (χ3v) is 4.34. The minimum absolute atomic E-state index is 0.0425. The summed E-state index contributed by atoms with van der Waals surface area (Å²) in [6, 6.07) is 10.9. The lowest BCUT2D eigenvalue weighted by molar-refractivity contribution is -0.384. The van der Waals surface area contributed by atoms with Crippen molar-refractivity contribution in [1.82, 2.24) is 10.3 Å². The SMILES string of the molecule is Cc1ccc2[nH]c(O)c(N=NC(=O)CCCNC(=O)c3cccc([N+](=O)[O-])c3)c2c1. The van der Waals surface area contributed by atoms with Gasteiger partial charge in [-0.3, -0.25) is 19.7 Å². The molecule has 1 aromatic heterocycles. The minimum atomic E-state index is -0.576. The number of benzene rings is 2. The van der Waals surface area contributed by atoms with Gasteiger partial charge in [0.25, 0.3) is 17.5 Å². The highest BCUT2D eigenvalue weighted by Crippen LogP contribution is 2.35. The molecule has 0 spiro atoms. The van der Waals surface area contributed by atoms with Crippen LogP contribution in [0.4, 0.5) is 11.4 Å². The zero-order valence-corrected chi connectivity index (χ0v) is 16.1. The number of non-ortho nitro benzene ring substituents is 1. The first kappa shape index (κ1) is 20.6. The van der Waals surface area contributed by atoms with Crippen LogP contribution in [-0.2, 0) is 4.79 Å². The van der Waals surface area contributed by atoms with Crippen molar-refractivity contribution in [2.45, 2.75) is 19.8 Å². The number of nitro groups is 1. The van der Waals surface area contributed by atoms with Crippen LogP contribution in [-0.4, -0.2) is 33.4 Å². The number of H-pyrrole nitrogens is 1. The maximum absolute atomic E-state index is 12.0. The van der Waals surface area contributed by atoms with Gasteiger partial charge in [-0.25, -0.2) is 0 Å². The van der Waals surface area contributed by atoms with E-state index in [0.717, 1.165) is 5.56 Å². The van der Waals surface area contributed by atoms with Crippen molar-refractivity contribution in [3.8, 4) is 5.88 Å². The summed E-state index contributed by atoms with van der Waals surface area (Å²) in [5, 5.41) is 31.5. The van der Waals surface area contributed by atoms with Crippen molar-refractivity contribution in [1.29, 1.82) is 0 Å². The maximum atomic E-state index is 12.0. The Kier molecular flexibility index (Phi) is 6.16. The van der Waals surface area contributed by atoms with Crippen LogP contribution >= 0.6 is 0 Å². The highest BCUT2D eigenvalue weighted by Gasteiger charge is 2.12. The van der Waals surface area contributed by atoms with Crippen molar-refractivity contribution in [3.63, 3.8) is 0 Å². The lowest BCUT2D eigenvalue weighted by atomic mass is 10.1. The fraction of sp³-hybridized carbons (Fsp3) is 0.200. The zero-order chi connectivity index (χ0) is 21.7. The Morgan fingerprint density at radius 1 is 1.23 bits per heavy atom. The molecule has 0 radical (unpaired) electrons. The molecule has 2 amide bonds. The number of nitrogens with one attached hydrogen (secondary N) is 2. The Labute approximate surface area is 170 Å². The van der Waals surface area contributed by atoms with E-state index in [-0.39, 0.29) is 35.8 Å². The summed E-state index contributed by atoms with van der Waals surface area (Å²) in [5.41, 5.74) is 1.85. The molecule has 0 unspecified atom stereocenters. The number of rotatable bonds is 7. The summed E-state index contributed by atoms with van der Waals surface area (Å²) in [7, 11) is 0. The van der Waals surface area contributed by atoms with E-state index in [0.29, 0.717) is 17.3 Å². The molecule has 10 nitrogen and oxygen atoms in total. The number of nitrogens with zero attached hydrogens (tertiary/aromatic N) is 3. The van der Waals surface area contributed by atoms with E-state index in [1.54, 1.807) is 6.07 Å². The number of aryl methyl sites for hydroxylation is 1. The van der Waals surface area contributed by atoms with Crippen LogP contribution in [0.1, 0.15) is 28.8 Å². The number of carbonyl (C=O) groups excluding carboxylic acids is 2. The number of azo groups is 1. The van der Waals surface area contributed by atoms with Crippen LogP contribution in [0, 0.1) is 17.0 Å². The van der Waals surface area contributed by atoms with Gasteiger partial charge in [0.1, 0.15) is 0 Å². The fourth-order valence-corrected chi connectivity index (χ4v) is 2.84. The molecule has 0 aliphatic carbocycles. The van der Waals surface area contributed by atoms with Crippen LogP contribution in [0.3, 0.4) is 0 Å². The second kappa shape index (κ2) is 8.95. The molecule has 0 aliphatic heterocycles. The molecule has 2 aromatic carbocycles. The van der Waals surface area contributed by atoms with Gasteiger partial charge in [-0.1, -0.05) is 17.7 Å². The highest BCUT2D eigenvalue weighted by atomic mass is 16.6. The van der Waals surface area contributed by atoms with E-state index >= 15 is 0 Å². The molecule has 10 heteroatoms. The van der Waals surface area contributed by atoms with Gasteiger partial charge in [-0.05, 0) is 31.5 Å². The van der Waals surface area contributed by atoms with E-state index in [1.165, 1.54) is 24.3 Å². The lowest BCUT2D eigenvalue weighted by Gasteiger charge is -2.04. The molecule has 0 bridgehead atoms. The summed E-state index contributed by atoms with van der Waals surface area (Å²) >= 11 is 0. The van der Waals surface area contributed by atoms with Crippen LogP contribution in [0.15, 0.2) is 52.7 Å². The minimum Gasteiger partial charge on any atom is -0.493 e. The number of hydrogen-bond acceptors (Lipinski definition) is 6. The highest BCUT2D eigenvalue weighted by molar-refractivity contribution is 5.95. The third kappa shape index (κ3) is 4.85. The van der Waals surface area contributed by atoms with Gasteiger partial charge in [-0.2, -0.15) is 0 Å². The molecule has 0 saturated carbocycles. The normalized spacial score (nSPS) is 11.1. The first-order valence-corrected chi connectivity index (χ1v) is 9.13. The molecular weight excluding hydrogens is 390 g/mol. The van der Waals surface area contributed by atoms with Crippen molar-refractivity contribution >= 4 is 34.1 Å². The van der Waals surface area contributed by atoms with Crippen LogP contribution in [0.5, 0.6) is 5.88 Å². The topological polar surface area (TPSA) is 150 Å². The van der Waals surface area contributed by atoms with E-state index in [2.05, 4.69) is 20.5 Å². The van der Waals surface area contributed by atoms with E-state index in [4.69, 9.17) is 0 Å². The molecule has 0 saturated heterocycles. The number of aromatic amines is 1. The second-order valence-electron chi connectivity index (χ2n) is 6.63. The lowest BCUT2D eigenvalue weighted by Crippen LogP contribution is -2.24. The Hall–Kier alpha value is -4.08. The van der Waals surface area contributed by atoms with Gasteiger partial charge in [0.05, 0.1) is 10.4 Å². The zero-order valence-electron chi connectivity index (χ0n) is 16.1. The Morgan fingerprint density at radius 2 is 2.03 bits per heavy atom. The largest absolute Gasteiger partial charge is 0.493 e. The van der Waals surface area contributed by atoms with Crippen LogP contribution in [0.25, 0.3) is 10.9 Å². The maximum Gasteiger partial charge on any atom is 0.270 e. The number of fused-ring (bicyclic) bond motifs is 1. The van der Waals surface area contributed by atoms with Crippen molar-refractivity contribution in [3.05, 3.63) is 63.7 Å². The quantitative estimate of drug-likeness (QED) is 0.234. The number of amides is 2. The number of nitro benzene ring substituents is 1. The standard InChI is InChI=1S/C20H19N5O5/c1-12-7-8-16-15(10-12)18(20(28)22-16)24-23-17(26)6-3-9-21-19(27)13-4-2-5-14(11-13)25(29)30/h2,4-5,7-8,10-11,22,28H,3,6,9H2,1H3,(H,21,27). The molecule has 1 heterocycles. The van der Waals surface area contributed by atoms with Gasteiger partial charge in [-0.15, -0.1) is 10.2 Å². The molecular formula is C20H19N5O5. The first-order valence-electron chi connectivity index (χ1n) is 9.13. The second-order valence-corrected chi connectivity index (χ2v) is 6.63. The predicted molar refractivity (Wildman–Crippen MR) is 109 cm³/mol. The van der Waals surface area contributed by atoms with Crippen molar-refractivity contribution in [2.24, 2.45) is 10.2 Å². The smallest absolute Gasteiger partial charge is 0.270 e. The number of carbonyl (C=O) groups is 2. The monoisotopic (exact) mass is 409 g/mol. The summed E-state index contributed by atoms with van der Waals surface area (Å²) in [6.45, 7) is 2.10. The van der Waals surface area contributed by atoms with E-state index in [9.17, 15) is 24.8 Å². The average molecular weight is 409 g/mol. The molecule has 3 aromatic rings. The van der Waals surface area contributed by atoms with Crippen molar-refractivity contribution < 1.29 is 19.6 Å². The van der Waals surface area contributed by atoms with Gasteiger partial charge < -0.3 is 15.4 Å². The van der Waals surface area contributed by atoms with Gasteiger partial charge in [0, 0.05) is 36.0 Å². The van der Waals surface area contributed by atoms with Crippen LogP contribution < -0.4 is 5.32 Å². The fourth-order valence-electron chi connectivity index (χ4n) is 2.84.